The molecule has 0 saturated carbocycles. The molecule has 29 heavy (non-hydrogen) atoms. The SMILES string of the molecule is CCCCCOc1ccc(C2NC(=S)N(CCC)C(C)=C2C(C)=O)cc1OCC. The van der Waals surface area contributed by atoms with Crippen LogP contribution in [-0.4, -0.2) is 35.6 Å². The van der Waals surface area contributed by atoms with Crippen molar-refractivity contribution in [3.63, 3.8) is 0 Å². The monoisotopic (exact) mass is 418 g/mol. The highest BCUT2D eigenvalue weighted by Crippen LogP contribution is 2.36. The molecular weight excluding hydrogens is 384 g/mol. The normalized spacial score (nSPS) is 16.7. The van der Waals surface area contributed by atoms with Gasteiger partial charge < -0.3 is 19.7 Å². The molecule has 1 aliphatic heterocycles. The molecule has 6 heteroatoms. The molecule has 1 N–H and O–H groups in total. The quantitative estimate of drug-likeness (QED) is 0.396. The molecule has 0 saturated heterocycles. The Balaban J connectivity index is 2.37. The smallest absolute Gasteiger partial charge is 0.173 e. The van der Waals surface area contributed by atoms with E-state index in [0.717, 1.165) is 54.8 Å². The molecule has 5 nitrogen and oxygen atoms in total. The average molecular weight is 419 g/mol. The van der Waals surface area contributed by atoms with Crippen LogP contribution in [0.25, 0.3) is 0 Å². The summed E-state index contributed by atoms with van der Waals surface area (Å²) in [6, 6.07) is 5.60. The minimum absolute atomic E-state index is 0.0430. The largest absolute Gasteiger partial charge is 0.490 e. The Labute approximate surface area is 180 Å². The molecule has 0 amide bonds. The maximum absolute atomic E-state index is 12.5. The lowest BCUT2D eigenvalue weighted by Gasteiger charge is -2.37. The molecule has 0 aliphatic carbocycles. The number of hydrogen-bond acceptors (Lipinski definition) is 4. The van der Waals surface area contributed by atoms with Crippen molar-refractivity contribution >= 4 is 23.1 Å². The number of carbonyl (C=O) groups is 1. The number of nitrogens with zero attached hydrogens (tertiary/aromatic N) is 1. The molecule has 0 aromatic heterocycles. The van der Waals surface area contributed by atoms with Gasteiger partial charge >= 0.3 is 0 Å². The first-order valence-corrected chi connectivity index (χ1v) is 11.0. The van der Waals surface area contributed by atoms with Gasteiger partial charge in [0.05, 0.1) is 19.3 Å². The van der Waals surface area contributed by atoms with Crippen molar-refractivity contribution in [3.05, 3.63) is 35.0 Å². The first-order valence-electron chi connectivity index (χ1n) is 10.6. The number of nitrogens with one attached hydrogen (secondary N) is 1. The Kier molecular flexibility index (Phi) is 8.96. The Hall–Kier alpha value is -2.08. The van der Waals surface area contributed by atoms with Gasteiger partial charge in [-0.1, -0.05) is 32.8 Å². The summed E-state index contributed by atoms with van der Waals surface area (Å²) in [7, 11) is 0. The summed E-state index contributed by atoms with van der Waals surface area (Å²) in [6.07, 6.45) is 4.27. The van der Waals surface area contributed by atoms with E-state index in [1.165, 1.54) is 0 Å². The van der Waals surface area contributed by atoms with Crippen molar-refractivity contribution in [1.82, 2.24) is 10.2 Å². The highest BCUT2D eigenvalue weighted by atomic mass is 32.1. The third-order valence-corrected chi connectivity index (χ3v) is 5.37. The fraction of sp³-hybridized carbons (Fsp3) is 0.565. The summed E-state index contributed by atoms with van der Waals surface area (Å²) < 4.78 is 11.8. The molecule has 2 rings (SSSR count). The summed E-state index contributed by atoms with van der Waals surface area (Å²) in [5, 5.41) is 4.01. The minimum Gasteiger partial charge on any atom is -0.490 e. The number of benzene rings is 1. The molecule has 1 unspecified atom stereocenters. The highest BCUT2D eigenvalue weighted by molar-refractivity contribution is 7.80. The van der Waals surface area contributed by atoms with Crippen LogP contribution in [0, 0.1) is 0 Å². The molecule has 0 bridgehead atoms. The van der Waals surface area contributed by atoms with Gasteiger partial charge in [-0.05, 0) is 63.5 Å². The fourth-order valence-corrected chi connectivity index (χ4v) is 3.95. The molecule has 0 radical (unpaired) electrons. The highest BCUT2D eigenvalue weighted by Gasteiger charge is 2.32. The van der Waals surface area contributed by atoms with Gasteiger partial charge in [-0.3, -0.25) is 4.79 Å². The molecule has 1 heterocycles. The van der Waals surface area contributed by atoms with Gasteiger partial charge in [-0.25, -0.2) is 0 Å². The minimum atomic E-state index is -0.290. The molecule has 0 spiro atoms. The molecule has 0 fully saturated rings. The van der Waals surface area contributed by atoms with E-state index in [0.29, 0.717) is 24.1 Å². The third-order valence-electron chi connectivity index (χ3n) is 5.03. The molecule has 1 aromatic carbocycles. The molecule has 1 aliphatic rings. The molecule has 160 valence electrons. The van der Waals surface area contributed by atoms with Crippen LogP contribution >= 0.6 is 12.2 Å². The van der Waals surface area contributed by atoms with Crippen LogP contribution < -0.4 is 14.8 Å². The van der Waals surface area contributed by atoms with Crippen molar-refractivity contribution in [2.75, 3.05) is 19.8 Å². The van der Waals surface area contributed by atoms with E-state index >= 15 is 0 Å². The predicted octanol–water partition coefficient (Wildman–Crippen LogP) is 5.16. The van der Waals surface area contributed by atoms with Gasteiger partial charge in [0, 0.05) is 17.8 Å². The lowest BCUT2D eigenvalue weighted by molar-refractivity contribution is -0.114. The van der Waals surface area contributed by atoms with Gasteiger partial charge in [0.25, 0.3) is 0 Å². The summed E-state index contributed by atoms with van der Waals surface area (Å²) in [5.41, 5.74) is 2.61. The second kappa shape index (κ2) is 11.2. The van der Waals surface area contributed by atoms with Crippen molar-refractivity contribution < 1.29 is 14.3 Å². The number of unbranched alkanes of at least 4 members (excludes halogenated alkanes) is 2. The van der Waals surface area contributed by atoms with E-state index in [-0.39, 0.29) is 11.8 Å². The number of ketones is 1. The van der Waals surface area contributed by atoms with E-state index in [4.69, 9.17) is 21.7 Å². The number of carbonyl (C=O) groups excluding carboxylic acids is 1. The average Bonchev–Trinajstić information content (AvgIpc) is 2.68. The van der Waals surface area contributed by atoms with Crippen LogP contribution in [0.3, 0.4) is 0 Å². The Bertz CT molecular complexity index is 760. The van der Waals surface area contributed by atoms with Crippen molar-refractivity contribution in [3.8, 4) is 11.5 Å². The number of Topliss-reactive ketones (excluding diaryl/α,β-unsaturated/α-hetero) is 1. The van der Waals surface area contributed by atoms with Crippen LogP contribution in [0.15, 0.2) is 29.5 Å². The Morgan fingerprint density at radius 2 is 1.90 bits per heavy atom. The van der Waals surface area contributed by atoms with E-state index < -0.39 is 0 Å². The molecular formula is C23H34N2O3S. The van der Waals surface area contributed by atoms with E-state index in [1.807, 2.05) is 36.9 Å². The number of thiocarbonyl (C=S) groups is 1. The van der Waals surface area contributed by atoms with Gasteiger partial charge in [0.2, 0.25) is 0 Å². The van der Waals surface area contributed by atoms with Crippen molar-refractivity contribution in [1.29, 1.82) is 0 Å². The maximum atomic E-state index is 12.5. The summed E-state index contributed by atoms with van der Waals surface area (Å²) >= 11 is 5.59. The standard InChI is InChI=1S/C23H34N2O3S/c1-6-9-10-14-28-19-12-11-18(15-20(19)27-8-3)22-21(17(5)26)16(4)25(13-7-2)23(29)24-22/h11-12,15,22H,6-10,13-14H2,1-5H3,(H,24,29). The third kappa shape index (κ3) is 5.72. The zero-order valence-electron chi connectivity index (χ0n) is 18.3. The van der Waals surface area contributed by atoms with E-state index in [2.05, 4.69) is 19.2 Å². The number of ether oxygens (including phenoxy) is 2. The van der Waals surface area contributed by atoms with E-state index in [1.54, 1.807) is 6.92 Å². The Morgan fingerprint density at radius 1 is 1.14 bits per heavy atom. The maximum Gasteiger partial charge on any atom is 0.173 e. The van der Waals surface area contributed by atoms with Gasteiger partial charge in [-0.15, -0.1) is 0 Å². The summed E-state index contributed by atoms with van der Waals surface area (Å²) in [4.78, 5) is 14.5. The van der Waals surface area contributed by atoms with Crippen LogP contribution in [0.1, 0.15) is 71.9 Å². The van der Waals surface area contributed by atoms with Crippen molar-refractivity contribution in [2.45, 2.75) is 66.3 Å². The lowest BCUT2D eigenvalue weighted by atomic mass is 9.92. The first-order chi connectivity index (χ1) is 13.9. The summed E-state index contributed by atoms with van der Waals surface area (Å²) in [5.74, 6) is 1.48. The van der Waals surface area contributed by atoms with Crippen LogP contribution in [0.2, 0.25) is 0 Å². The van der Waals surface area contributed by atoms with Gasteiger partial charge in [-0.2, -0.15) is 0 Å². The number of hydrogen-bond donors (Lipinski definition) is 1. The lowest BCUT2D eigenvalue weighted by Crippen LogP contribution is -2.47. The molecule has 1 aromatic rings. The topological polar surface area (TPSA) is 50.8 Å². The van der Waals surface area contributed by atoms with Crippen LogP contribution in [0.4, 0.5) is 0 Å². The fourth-order valence-electron chi connectivity index (χ4n) is 3.61. The predicted molar refractivity (Wildman–Crippen MR) is 121 cm³/mol. The summed E-state index contributed by atoms with van der Waals surface area (Å²) in [6.45, 7) is 11.8. The van der Waals surface area contributed by atoms with Gasteiger partial charge in [0.15, 0.2) is 22.4 Å². The first kappa shape index (κ1) is 23.2. The van der Waals surface area contributed by atoms with Crippen LogP contribution in [-0.2, 0) is 4.79 Å². The zero-order valence-corrected chi connectivity index (χ0v) is 19.2. The molecule has 1 atom stereocenters. The van der Waals surface area contributed by atoms with Crippen LogP contribution in [0.5, 0.6) is 11.5 Å². The zero-order chi connectivity index (χ0) is 21.4. The number of allylic oxidation sites excluding steroid dienone is 1. The van der Waals surface area contributed by atoms with E-state index in [9.17, 15) is 4.79 Å². The van der Waals surface area contributed by atoms with Gasteiger partial charge in [0.1, 0.15) is 0 Å². The Morgan fingerprint density at radius 3 is 2.52 bits per heavy atom. The second-order valence-electron chi connectivity index (χ2n) is 7.28. The second-order valence-corrected chi connectivity index (χ2v) is 7.67. The van der Waals surface area contributed by atoms with Crippen molar-refractivity contribution in [2.24, 2.45) is 0 Å². The number of rotatable bonds is 11.